The lowest BCUT2D eigenvalue weighted by molar-refractivity contribution is 0.0282. The van der Waals surface area contributed by atoms with E-state index in [1.165, 1.54) is 17.0 Å². The van der Waals surface area contributed by atoms with Crippen molar-refractivity contribution in [1.82, 2.24) is 24.5 Å². The summed E-state index contributed by atoms with van der Waals surface area (Å²) in [7, 11) is 1.65. The van der Waals surface area contributed by atoms with Crippen molar-refractivity contribution in [1.29, 1.82) is 0 Å². The van der Waals surface area contributed by atoms with Crippen LogP contribution in [0.4, 0.5) is 9.18 Å². The van der Waals surface area contributed by atoms with E-state index in [1.807, 2.05) is 43.5 Å². The minimum atomic E-state index is -1.13. The highest BCUT2D eigenvalue weighted by molar-refractivity contribution is 5.87. The minimum absolute atomic E-state index is 0.0556. The standard InChI is InChI=1S/C27H30FN5O5/c1-16-20(24(25(34)35)31-30-16)10-11-37-22-12-18(28)7-8-21(22)17-6-9-23-29-13-19(33(23)14-17)15-32(5)26(36)38-27(2,3)4/h6-9,12-14H,10-11,15H2,1-5H3,(H,30,31)(H,34,35). The number of ether oxygens (including phenoxy) is 2. The molecule has 0 atom stereocenters. The lowest BCUT2D eigenvalue weighted by Crippen LogP contribution is -2.34. The number of aromatic nitrogens is 4. The Balaban J connectivity index is 1.57. The number of amides is 1. The molecule has 0 aliphatic heterocycles. The maximum atomic E-state index is 14.2. The average molecular weight is 524 g/mol. The third-order valence-corrected chi connectivity index (χ3v) is 5.83. The maximum absolute atomic E-state index is 14.2. The number of aromatic amines is 1. The molecule has 0 saturated heterocycles. The number of H-pyrrole nitrogens is 1. The number of nitrogens with one attached hydrogen (secondary N) is 1. The van der Waals surface area contributed by atoms with Crippen molar-refractivity contribution in [2.24, 2.45) is 0 Å². The molecule has 0 aliphatic carbocycles. The van der Waals surface area contributed by atoms with Crippen LogP contribution >= 0.6 is 0 Å². The number of carboxylic acid groups (broad SMARTS) is 1. The van der Waals surface area contributed by atoms with E-state index in [-0.39, 0.29) is 25.3 Å². The number of carbonyl (C=O) groups is 2. The third kappa shape index (κ3) is 5.93. The first-order chi connectivity index (χ1) is 17.9. The van der Waals surface area contributed by atoms with Crippen LogP contribution in [0.2, 0.25) is 0 Å². The molecule has 0 spiro atoms. The van der Waals surface area contributed by atoms with Gasteiger partial charge < -0.3 is 23.9 Å². The molecule has 4 aromatic rings. The van der Waals surface area contributed by atoms with E-state index in [9.17, 15) is 19.1 Å². The molecule has 38 heavy (non-hydrogen) atoms. The molecule has 200 valence electrons. The Morgan fingerprint density at radius 3 is 2.68 bits per heavy atom. The zero-order valence-electron chi connectivity index (χ0n) is 21.9. The number of carbonyl (C=O) groups excluding carboxylic acids is 1. The summed E-state index contributed by atoms with van der Waals surface area (Å²) in [5.41, 5.74) is 3.35. The Labute approximate surface area is 219 Å². The lowest BCUT2D eigenvalue weighted by atomic mass is 10.1. The van der Waals surface area contributed by atoms with Gasteiger partial charge in [0.05, 0.1) is 25.0 Å². The van der Waals surface area contributed by atoms with E-state index in [2.05, 4.69) is 15.2 Å². The Morgan fingerprint density at radius 1 is 1.21 bits per heavy atom. The molecule has 3 heterocycles. The lowest BCUT2D eigenvalue weighted by Gasteiger charge is -2.24. The van der Waals surface area contributed by atoms with Gasteiger partial charge in [0.15, 0.2) is 5.69 Å². The van der Waals surface area contributed by atoms with Gasteiger partial charge in [0.2, 0.25) is 0 Å². The van der Waals surface area contributed by atoms with Crippen LogP contribution in [0.5, 0.6) is 5.75 Å². The predicted octanol–water partition coefficient (Wildman–Crippen LogP) is 4.86. The summed E-state index contributed by atoms with van der Waals surface area (Å²) in [5, 5.41) is 15.8. The molecule has 4 rings (SSSR count). The molecule has 3 aromatic heterocycles. The summed E-state index contributed by atoms with van der Waals surface area (Å²) >= 11 is 0. The molecule has 10 nitrogen and oxygen atoms in total. The smallest absolute Gasteiger partial charge is 0.410 e. The Morgan fingerprint density at radius 2 is 1.97 bits per heavy atom. The van der Waals surface area contributed by atoms with Crippen LogP contribution in [0.1, 0.15) is 48.2 Å². The van der Waals surface area contributed by atoms with Crippen LogP contribution in [-0.4, -0.2) is 60.9 Å². The average Bonchev–Trinajstić information content (AvgIpc) is 3.41. The third-order valence-electron chi connectivity index (χ3n) is 5.83. The summed E-state index contributed by atoms with van der Waals surface area (Å²) < 4.78 is 27.4. The second-order valence-corrected chi connectivity index (χ2v) is 9.95. The van der Waals surface area contributed by atoms with Gasteiger partial charge in [0, 0.05) is 48.1 Å². The van der Waals surface area contributed by atoms with E-state index in [4.69, 9.17) is 9.47 Å². The van der Waals surface area contributed by atoms with Gasteiger partial charge in [-0.25, -0.2) is 19.0 Å². The van der Waals surface area contributed by atoms with Crippen molar-refractivity contribution in [3.05, 3.63) is 71.2 Å². The minimum Gasteiger partial charge on any atom is -0.492 e. The second-order valence-electron chi connectivity index (χ2n) is 9.95. The monoisotopic (exact) mass is 523 g/mol. The van der Waals surface area contributed by atoms with Gasteiger partial charge >= 0.3 is 12.1 Å². The fourth-order valence-corrected chi connectivity index (χ4v) is 4.01. The molecule has 0 bridgehead atoms. The van der Waals surface area contributed by atoms with E-state index in [0.717, 1.165) is 11.3 Å². The summed E-state index contributed by atoms with van der Waals surface area (Å²) in [6.45, 7) is 7.55. The van der Waals surface area contributed by atoms with E-state index in [1.54, 1.807) is 26.2 Å². The van der Waals surface area contributed by atoms with Crippen LogP contribution in [-0.2, 0) is 17.7 Å². The zero-order chi connectivity index (χ0) is 27.6. The van der Waals surface area contributed by atoms with Crippen LogP contribution in [0.15, 0.2) is 42.7 Å². The highest BCUT2D eigenvalue weighted by Crippen LogP contribution is 2.32. The summed E-state index contributed by atoms with van der Waals surface area (Å²) in [6.07, 6.45) is 3.37. The van der Waals surface area contributed by atoms with E-state index >= 15 is 0 Å². The van der Waals surface area contributed by atoms with Crippen molar-refractivity contribution in [3.8, 4) is 16.9 Å². The normalized spacial score (nSPS) is 11.5. The van der Waals surface area contributed by atoms with Crippen LogP contribution < -0.4 is 4.74 Å². The predicted molar refractivity (Wildman–Crippen MR) is 138 cm³/mol. The first-order valence-electron chi connectivity index (χ1n) is 12.0. The fourth-order valence-electron chi connectivity index (χ4n) is 4.01. The van der Waals surface area contributed by atoms with Crippen molar-refractivity contribution in [3.63, 3.8) is 0 Å². The molecule has 11 heteroatoms. The molecule has 2 N–H and O–H groups in total. The topological polar surface area (TPSA) is 122 Å². The number of hydrogen-bond acceptors (Lipinski definition) is 6. The van der Waals surface area contributed by atoms with Crippen molar-refractivity contribution < 1.29 is 28.6 Å². The molecule has 1 aromatic carbocycles. The van der Waals surface area contributed by atoms with Crippen LogP contribution in [0, 0.1) is 12.7 Å². The molecular weight excluding hydrogens is 493 g/mol. The number of benzene rings is 1. The molecular formula is C27H30FN5O5. The number of imidazole rings is 1. The highest BCUT2D eigenvalue weighted by atomic mass is 19.1. The molecule has 0 radical (unpaired) electrons. The number of fused-ring (bicyclic) bond motifs is 1. The van der Waals surface area contributed by atoms with Gasteiger partial charge in [0.1, 0.15) is 22.8 Å². The maximum Gasteiger partial charge on any atom is 0.410 e. The number of halogens is 1. The molecule has 0 saturated carbocycles. The molecule has 0 fully saturated rings. The van der Waals surface area contributed by atoms with Gasteiger partial charge in [-0.15, -0.1) is 0 Å². The fraction of sp³-hybridized carbons (Fsp3) is 0.333. The largest absolute Gasteiger partial charge is 0.492 e. The SMILES string of the molecule is Cc1[nH]nc(C(=O)O)c1CCOc1cc(F)ccc1-c1ccc2ncc(CN(C)C(=O)OC(C)(C)C)n2c1. The van der Waals surface area contributed by atoms with Gasteiger partial charge in [-0.1, -0.05) is 0 Å². The molecule has 0 unspecified atom stereocenters. The Kier molecular flexibility index (Phi) is 7.38. The number of nitrogens with zero attached hydrogens (tertiary/aromatic N) is 4. The van der Waals surface area contributed by atoms with E-state index < -0.39 is 23.5 Å². The Bertz CT molecular complexity index is 1490. The summed E-state index contributed by atoms with van der Waals surface area (Å²) in [5.74, 6) is -1.27. The van der Waals surface area contributed by atoms with Crippen molar-refractivity contribution in [2.45, 2.75) is 46.3 Å². The number of hydrogen-bond donors (Lipinski definition) is 2. The summed E-state index contributed by atoms with van der Waals surface area (Å²) in [4.78, 5) is 29.7. The summed E-state index contributed by atoms with van der Waals surface area (Å²) in [6, 6.07) is 7.95. The first kappa shape index (κ1) is 26.6. The second kappa shape index (κ2) is 10.5. The Hall–Kier alpha value is -4.41. The number of carboxylic acids is 1. The number of aryl methyl sites for hydroxylation is 1. The molecule has 1 amide bonds. The van der Waals surface area contributed by atoms with Gasteiger partial charge in [0.25, 0.3) is 0 Å². The van der Waals surface area contributed by atoms with Gasteiger partial charge in [-0.05, 0) is 52.0 Å². The number of rotatable bonds is 8. The quantitative estimate of drug-likeness (QED) is 0.338. The van der Waals surface area contributed by atoms with Gasteiger partial charge in [-0.3, -0.25) is 5.10 Å². The van der Waals surface area contributed by atoms with Crippen LogP contribution in [0.3, 0.4) is 0 Å². The van der Waals surface area contributed by atoms with Crippen molar-refractivity contribution >= 4 is 17.7 Å². The van der Waals surface area contributed by atoms with Crippen LogP contribution in [0.25, 0.3) is 16.8 Å². The molecule has 0 aliphatic rings. The van der Waals surface area contributed by atoms with Gasteiger partial charge in [-0.2, -0.15) is 5.10 Å². The number of pyridine rings is 1. The highest BCUT2D eigenvalue weighted by Gasteiger charge is 2.21. The van der Waals surface area contributed by atoms with E-state index in [0.29, 0.717) is 28.2 Å². The number of aromatic carboxylic acids is 1. The van der Waals surface area contributed by atoms with Crippen molar-refractivity contribution in [2.75, 3.05) is 13.7 Å². The first-order valence-corrected chi connectivity index (χ1v) is 12.0. The zero-order valence-corrected chi connectivity index (χ0v) is 21.9.